The lowest BCUT2D eigenvalue weighted by Gasteiger charge is -2.11. The maximum Gasteiger partial charge on any atom is 0.0852 e. The van der Waals surface area contributed by atoms with E-state index in [1.54, 1.807) is 0 Å². The lowest BCUT2D eigenvalue weighted by atomic mass is 10.1. The van der Waals surface area contributed by atoms with Gasteiger partial charge in [0.2, 0.25) is 0 Å². The molecule has 3 rings (SSSR count). The monoisotopic (exact) mass is 411 g/mol. The minimum atomic E-state index is 0.894. The predicted molar refractivity (Wildman–Crippen MR) is 134 cm³/mol. The van der Waals surface area contributed by atoms with Crippen LogP contribution in [0.25, 0.3) is 0 Å². The van der Waals surface area contributed by atoms with Crippen LogP contribution in [0.2, 0.25) is 0 Å². The summed E-state index contributed by atoms with van der Waals surface area (Å²) in [7, 11) is 0. The van der Waals surface area contributed by atoms with Gasteiger partial charge in [-0.2, -0.15) is 0 Å². The molecule has 3 aromatic rings. The molecule has 0 aliphatic rings. The molecule has 0 N–H and O–H groups in total. The second-order valence-corrected chi connectivity index (χ2v) is 8.25. The van der Waals surface area contributed by atoms with Gasteiger partial charge < -0.3 is 0 Å². The van der Waals surface area contributed by atoms with E-state index in [0.717, 1.165) is 53.4 Å². The summed E-state index contributed by atoms with van der Waals surface area (Å²) in [6.07, 6.45) is 3.12. The largest absolute Gasteiger partial charge is 0.251 e. The number of unbranched alkanes of at least 4 members (excludes halogenated alkanes) is 1. The molecule has 0 amide bonds. The topological polar surface area (TPSA) is 37.6 Å². The molecular weight excluding hydrogens is 378 g/mol. The first-order valence-corrected chi connectivity index (χ1v) is 11.1. The molecule has 0 aliphatic carbocycles. The molecule has 0 radical (unpaired) electrons. The number of aliphatic imine (C=N–C) groups is 2. The molecule has 0 saturated heterocycles. The van der Waals surface area contributed by atoms with Gasteiger partial charge in [0.05, 0.1) is 34.2 Å². The molecule has 1 aromatic heterocycles. The maximum absolute atomic E-state index is 5.09. The van der Waals surface area contributed by atoms with E-state index >= 15 is 0 Å². The smallest absolute Gasteiger partial charge is 0.0852 e. The van der Waals surface area contributed by atoms with Crippen LogP contribution in [0.15, 0.2) is 64.6 Å². The van der Waals surface area contributed by atoms with Crippen molar-refractivity contribution >= 4 is 22.8 Å². The number of pyridine rings is 1. The van der Waals surface area contributed by atoms with Crippen LogP contribution in [0, 0.1) is 27.7 Å². The van der Waals surface area contributed by atoms with Gasteiger partial charge >= 0.3 is 0 Å². The first-order chi connectivity index (χ1) is 14.9. The molecule has 0 unspecified atom stereocenters. The third-order valence-electron chi connectivity index (χ3n) is 5.59. The van der Waals surface area contributed by atoms with Crippen molar-refractivity contribution in [3.05, 3.63) is 88.2 Å². The van der Waals surface area contributed by atoms with E-state index in [0.29, 0.717) is 0 Å². The third kappa shape index (κ3) is 5.55. The Bertz CT molecular complexity index is 1080. The highest BCUT2D eigenvalue weighted by Crippen LogP contribution is 2.26. The van der Waals surface area contributed by atoms with Crippen LogP contribution in [0.5, 0.6) is 0 Å². The van der Waals surface area contributed by atoms with Crippen LogP contribution in [0.4, 0.5) is 11.4 Å². The maximum atomic E-state index is 5.09. The zero-order valence-electron chi connectivity index (χ0n) is 19.7. The summed E-state index contributed by atoms with van der Waals surface area (Å²) in [6.45, 7) is 12.7. The number of aromatic nitrogens is 1. The van der Waals surface area contributed by atoms with Crippen molar-refractivity contribution in [1.29, 1.82) is 0 Å². The highest BCUT2D eigenvalue weighted by atomic mass is 14.8. The number of nitrogens with zero attached hydrogens (tertiary/aromatic N) is 3. The fourth-order valence-corrected chi connectivity index (χ4v) is 3.71. The number of aryl methyl sites for hydroxylation is 4. The zero-order valence-corrected chi connectivity index (χ0v) is 19.7. The van der Waals surface area contributed by atoms with Crippen LogP contribution in [-0.2, 0) is 0 Å². The molecule has 1 heterocycles. The van der Waals surface area contributed by atoms with Crippen LogP contribution in [-0.4, -0.2) is 16.4 Å². The molecule has 31 heavy (non-hydrogen) atoms. The highest BCUT2D eigenvalue weighted by molar-refractivity contribution is 6.03. The molecule has 160 valence electrons. The first-order valence-electron chi connectivity index (χ1n) is 11.1. The molecule has 0 fully saturated rings. The van der Waals surface area contributed by atoms with Gasteiger partial charge in [0, 0.05) is 0 Å². The Morgan fingerprint density at radius 2 is 1.19 bits per heavy atom. The van der Waals surface area contributed by atoms with Gasteiger partial charge in [-0.3, -0.25) is 9.98 Å². The summed E-state index contributed by atoms with van der Waals surface area (Å²) < 4.78 is 0. The molecule has 0 aliphatic heterocycles. The third-order valence-corrected chi connectivity index (χ3v) is 5.59. The van der Waals surface area contributed by atoms with Gasteiger partial charge in [0.25, 0.3) is 0 Å². The molecule has 3 nitrogen and oxygen atoms in total. The van der Waals surface area contributed by atoms with Crippen LogP contribution in [0.1, 0.15) is 66.8 Å². The Hall–Kier alpha value is -3.07. The number of benzene rings is 2. The van der Waals surface area contributed by atoms with Crippen molar-refractivity contribution in [3.63, 3.8) is 0 Å². The summed E-state index contributed by atoms with van der Waals surface area (Å²) in [5.74, 6) is 0. The van der Waals surface area contributed by atoms with Gasteiger partial charge in [-0.25, -0.2) is 4.98 Å². The van der Waals surface area contributed by atoms with Crippen LogP contribution >= 0.6 is 0 Å². The second-order valence-electron chi connectivity index (χ2n) is 8.25. The van der Waals surface area contributed by atoms with Gasteiger partial charge in [-0.1, -0.05) is 55.8 Å². The van der Waals surface area contributed by atoms with Gasteiger partial charge in [0.1, 0.15) is 0 Å². The SMILES string of the molecule is CCCCC(=Nc1c(C)cccc1C)c1cccc(C(C)=Nc2c(C)cccc2C)n1. The van der Waals surface area contributed by atoms with Crippen molar-refractivity contribution in [2.24, 2.45) is 9.98 Å². The van der Waals surface area contributed by atoms with Crippen LogP contribution in [0.3, 0.4) is 0 Å². The average molecular weight is 412 g/mol. The number of hydrogen-bond donors (Lipinski definition) is 0. The van der Waals surface area contributed by atoms with Crippen molar-refractivity contribution < 1.29 is 0 Å². The number of para-hydroxylation sites is 2. The standard InChI is InChI=1S/C28H33N3/c1-7-8-16-26(31-28-21(4)14-10-15-22(28)5)25-18-11-17-24(30-25)23(6)29-27-19(2)12-9-13-20(27)3/h9-15,17-18H,7-8,16H2,1-6H3. The normalized spacial score (nSPS) is 12.3. The molecule has 3 heteroatoms. The first kappa shape index (κ1) is 22.6. The van der Waals surface area contributed by atoms with E-state index in [2.05, 4.69) is 83.1 Å². The minimum Gasteiger partial charge on any atom is -0.251 e. The summed E-state index contributed by atoms with van der Waals surface area (Å²) in [4.78, 5) is 15.0. The molecular formula is C28H33N3. The predicted octanol–water partition coefficient (Wildman–Crippen LogP) is 7.77. The molecule has 0 spiro atoms. The molecule has 0 bridgehead atoms. The van der Waals surface area contributed by atoms with Crippen molar-refractivity contribution in [2.45, 2.75) is 60.8 Å². The quantitative estimate of drug-likeness (QED) is 0.366. The Kier molecular flexibility index (Phi) is 7.51. The van der Waals surface area contributed by atoms with Crippen molar-refractivity contribution in [3.8, 4) is 0 Å². The van der Waals surface area contributed by atoms with Crippen molar-refractivity contribution in [1.82, 2.24) is 4.98 Å². The Balaban J connectivity index is 2.04. The fraction of sp³-hybridized carbons (Fsp3) is 0.321. The zero-order chi connectivity index (χ0) is 22.4. The second kappa shape index (κ2) is 10.3. The Morgan fingerprint density at radius 1 is 0.710 bits per heavy atom. The molecule has 0 saturated carbocycles. The minimum absolute atomic E-state index is 0.894. The van der Waals surface area contributed by atoms with Crippen molar-refractivity contribution in [2.75, 3.05) is 0 Å². The van der Waals surface area contributed by atoms with Gasteiger partial charge in [-0.05, 0) is 81.8 Å². The van der Waals surface area contributed by atoms with E-state index in [-0.39, 0.29) is 0 Å². The summed E-state index contributed by atoms with van der Waals surface area (Å²) in [5.41, 5.74) is 10.6. The summed E-state index contributed by atoms with van der Waals surface area (Å²) >= 11 is 0. The lowest BCUT2D eigenvalue weighted by Crippen LogP contribution is -2.08. The van der Waals surface area contributed by atoms with Crippen LogP contribution < -0.4 is 0 Å². The number of rotatable bonds is 7. The van der Waals surface area contributed by atoms with E-state index in [1.807, 2.05) is 13.0 Å². The van der Waals surface area contributed by atoms with Gasteiger partial charge in [-0.15, -0.1) is 0 Å². The summed E-state index contributed by atoms with van der Waals surface area (Å²) in [5, 5.41) is 0. The Morgan fingerprint density at radius 3 is 1.74 bits per heavy atom. The summed E-state index contributed by atoms with van der Waals surface area (Å²) in [6, 6.07) is 18.8. The van der Waals surface area contributed by atoms with E-state index in [9.17, 15) is 0 Å². The lowest BCUT2D eigenvalue weighted by molar-refractivity contribution is 0.833. The van der Waals surface area contributed by atoms with E-state index < -0.39 is 0 Å². The molecule has 0 atom stereocenters. The Labute approximate surface area is 187 Å². The van der Waals surface area contributed by atoms with E-state index in [1.165, 1.54) is 22.3 Å². The highest BCUT2D eigenvalue weighted by Gasteiger charge is 2.11. The average Bonchev–Trinajstić information content (AvgIpc) is 2.75. The van der Waals surface area contributed by atoms with Gasteiger partial charge in [0.15, 0.2) is 0 Å². The van der Waals surface area contributed by atoms with E-state index in [4.69, 9.17) is 15.0 Å². The molecule has 2 aromatic carbocycles. The number of hydrogen-bond acceptors (Lipinski definition) is 3. The fourth-order valence-electron chi connectivity index (χ4n) is 3.71.